The van der Waals surface area contributed by atoms with Crippen molar-refractivity contribution in [1.82, 2.24) is 15.3 Å². The van der Waals surface area contributed by atoms with Gasteiger partial charge in [0.15, 0.2) is 0 Å². The van der Waals surface area contributed by atoms with Crippen LogP contribution in [0.1, 0.15) is 35.9 Å². The number of unbranched alkanes of at least 4 members (excludes halogenated alkanes) is 1. The highest BCUT2D eigenvalue weighted by Gasteiger charge is 2.14. The zero-order valence-corrected chi connectivity index (χ0v) is 16.1. The lowest BCUT2D eigenvalue weighted by Gasteiger charge is -2.14. The normalized spacial score (nSPS) is 10.3. The first-order valence-electron chi connectivity index (χ1n) is 8.30. The summed E-state index contributed by atoms with van der Waals surface area (Å²) in [5.74, 6) is 1.05. The summed E-state index contributed by atoms with van der Waals surface area (Å²) < 4.78 is 10.6. The summed E-state index contributed by atoms with van der Waals surface area (Å²) >= 11 is 6.12. The molecule has 0 radical (unpaired) electrons. The number of ether oxygens (including phenoxy) is 2. The van der Waals surface area contributed by atoms with Gasteiger partial charge in [-0.3, -0.25) is 4.79 Å². The van der Waals surface area contributed by atoms with Crippen molar-refractivity contribution in [3.63, 3.8) is 0 Å². The van der Waals surface area contributed by atoms with Crippen molar-refractivity contribution in [2.75, 3.05) is 26.1 Å². The molecule has 0 spiro atoms. The predicted octanol–water partition coefficient (Wildman–Crippen LogP) is 3.73. The van der Waals surface area contributed by atoms with Crippen LogP contribution in [0.25, 0.3) is 0 Å². The Morgan fingerprint density at radius 1 is 1.15 bits per heavy atom. The summed E-state index contributed by atoms with van der Waals surface area (Å²) in [5.41, 5.74) is 1.55. The van der Waals surface area contributed by atoms with E-state index in [0.29, 0.717) is 40.1 Å². The van der Waals surface area contributed by atoms with Crippen LogP contribution in [0.5, 0.6) is 11.5 Å². The fourth-order valence-corrected chi connectivity index (χ4v) is 2.52. The van der Waals surface area contributed by atoms with Gasteiger partial charge in [0.25, 0.3) is 5.91 Å². The fourth-order valence-electron chi connectivity index (χ4n) is 2.29. The summed E-state index contributed by atoms with van der Waals surface area (Å²) in [6.45, 7) is 4.48. The molecule has 1 amide bonds. The average molecular weight is 379 g/mol. The number of halogens is 1. The molecule has 2 aromatic rings. The Bertz CT molecular complexity index is 783. The molecule has 0 unspecified atom stereocenters. The first kappa shape index (κ1) is 19.8. The molecular formula is C18H23ClN4O3. The quantitative estimate of drug-likeness (QED) is 0.681. The van der Waals surface area contributed by atoms with Gasteiger partial charge in [-0.05, 0) is 19.4 Å². The highest BCUT2D eigenvalue weighted by molar-refractivity contribution is 6.32. The Kier molecular flexibility index (Phi) is 7.03. The summed E-state index contributed by atoms with van der Waals surface area (Å²) in [5, 5.41) is 6.34. The van der Waals surface area contributed by atoms with Gasteiger partial charge in [-0.25, -0.2) is 9.97 Å². The Balaban J connectivity index is 2.28. The van der Waals surface area contributed by atoms with E-state index in [0.717, 1.165) is 12.8 Å². The van der Waals surface area contributed by atoms with Gasteiger partial charge in [-0.15, -0.1) is 0 Å². The third-order valence-corrected chi connectivity index (χ3v) is 3.92. The molecule has 0 saturated carbocycles. The Morgan fingerprint density at radius 2 is 1.88 bits per heavy atom. The maximum atomic E-state index is 12.3. The van der Waals surface area contributed by atoms with E-state index >= 15 is 0 Å². The largest absolute Gasteiger partial charge is 0.495 e. The van der Waals surface area contributed by atoms with E-state index in [4.69, 9.17) is 21.1 Å². The van der Waals surface area contributed by atoms with E-state index in [2.05, 4.69) is 27.5 Å². The van der Waals surface area contributed by atoms with Crippen molar-refractivity contribution < 1.29 is 14.3 Å². The zero-order chi connectivity index (χ0) is 19.1. The highest BCUT2D eigenvalue weighted by Crippen LogP contribution is 2.36. The van der Waals surface area contributed by atoms with Crippen LogP contribution in [0, 0.1) is 6.92 Å². The summed E-state index contributed by atoms with van der Waals surface area (Å²) in [6, 6.07) is 4.97. The van der Waals surface area contributed by atoms with E-state index in [1.54, 1.807) is 25.1 Å². The van der Waals surface area contributed by atoms with Gasteiger partial charge in [0.05, 0.1) is 24.9 Å². The molecule has 0 aliphatic heterocycles. The van der Waals surface area contributed by atoms with E-state index < -0.39 is 0 Å². The molecule has 2 N–H and O–H groups in total. The molecule has 0 aliphatic rings. The van der Waals surface area contributed by atoms with Gasteiger partial charge in [0, 0.05) is 24.4 Å². The lowest BCUT2D eigenvalue weighted by molar-refractivity contribution is 0.0948. The smallest absolute Gasteiger partial charge is 0.270 e. The second-order valence-corrected chi connectivity index (χ2v) is 6.05. The molecule has 0 aliphatic carbocycles. The molecule has 0 bridgehead atoms. The first-order chi connectivity index (χ1) is 12.5. The SMILES string of the molecule is CCCCNC(=O)c1cc(C)nc(Nc2cc(OC)c(Cl)cc2OC)n1. The first-order valence-corrected chi connectivity index (χ1v) is 8.68. The molecule has 1 aromatic heterocycles. The number of aryl methyl sites for hydroxylation is 1. The van der Waals surface area contributed by atoms with Crippen molar-refractivity contribution in [2.24, 2.45) is 0 Å². The molecule has 0 saturated heterocycles. The third kappa shape index (κ3) is 4.98. The van der Waals surface area contributed by atoms with E-state index in [9.17, 15) is 4.79 Å². The molecule has 2 rings (SSSR count). The van der Waals surface area contributed by atoms with Crippen molar-refractivity contribution in [1.29, 1.82) is 0 Å². The maximum Gasteiger partial charge on any atom is 0.270 e. The second kappa shape index (κ2) is 9.24. The van der Waals surface area contributed by atoms with Crippen LogP contribution in [-0.4, -0.2) is 36.6 Å². The van der Waals surface area contributed by atoms with E-state index in [-0.39, 0.29) is 11.9 Å². The van der Waals surface area contributed by atoms with Gasteiger partial charge in [-0.1, -0.05) is 24.9 Å². The minimum Gasteiger partial charge on any atom is -0.495 e. The number of rotatable bonds is 8. The predicted molar refractivity (Wildman–Crippen MR) is 102 cm³/mol. The van der Waals surface area contributed by atoms with Crippen LogP contribution in [0.15, 0.2) is 18.2 Å². The van der Waals surface area contributed by atoms with Gasteiger partial charge in [0.1, 0.15) is 17.2 Å². The number of benzene rings is 1. The summed E-state index contributed by atoms with van der Waals surface area (Å²) in [6.07, 6.45) is 1.93. The Morgan fingerprint density at radius 3 is 2.54 bits per heavy atom. The highest BCUT2D eigenvalue weighted by atomic mass is 35.5. The number of hydrogen-bond donors (Lipinski definition) is 2. The number of nitrogens with one attached hydrogen (secondary N) is 2. The van der Waals surface area contributed by atoms with Crippen LogP contribution in [0.4, 0.5) is 11.6 Å². The van der Waals surface area contributed by atoms with Gasteiger partial charge in [-0.2, -0.15) is 0 Å². The number of amides is 1. The van der Waals surface area contributed by atoms with Gasteiger partial charge >= 0.3 is 0 Å². The van der Waals surface area contributed by atoms with Gasteiger partial charge < -0.3 is 20.1 Å². The van der Waals surface area contributed by atoms with Crippen LogP contribution in [0.3, 0.4) is 0 Å². The molecule has 1 aromatic carbocycles. The zero-order valence-electron chi connectivity index (χ0n) is 15.4. The van der Waals surface area contributed by atoms with Crippen molar-refractivity contribution in [3.05, 3.63) is 34.6 Å². The average Bonchev–Trinajstić information content (AvgIpc) is 2.62. The topological polar surface area (TPSA) is 85.4 Å². The molecule has 0 atom stereocenters. The van der Waals surface area contributed by atoms with E-state index in [1.165, 1.54) is 14.2 Å². The summed E-state index contributed by atoms with van der Waals surface area (Å²) in [4.78, 5) is 20.9. The van der Waals surface area contributed by atoms with Crippen LogP contribution >= 0.6 is 11.6 Å². The number of methoxy groups -OCH3 is 2. The Labute approximate surface area is 158 Å². The van der Waals surface area contributed by atoms with Crippen molar-refractivity contribution >= 4 is 29.1 Å². The number of carbonyl (C=O) groups excluding carboxylic acids is 1. The molecular weight excluding hydrogens is 356 g/mol. The lowest BCUT2D eigenvalue weighted by atomic mass is 10.2. The van der Waals surface area contributed by atoms with E-state index in [1.807, 2.05) is 0 Å². The molecule has 8 heteroatoms. The third-order valence-electron chi connectivity index (χ3n) is 3.62. The Hall–Kier alpha value is -2.54. The van der Waals surface area contributed by atoms with Crippen molar-refractivity contribution in [3.8, 4) is 11.5 Å². The number of nitrogens with zero attached hydrogens (tertiary/aromatic N) is 2. The van der Waals surface area contributed by atoms with Crippen LogP contribution < -0.4 is 20.1 Å². The molecule has 140 valence electrons. The fraction of sp³-hybridized carbons (Fsp3) is 0.389. The second-order valence-electron chi connectivity index (χ2n) is 5.64. The maximum absolute atomic E-state index is 12.3. The molecule has 1 heterocycles. The molecule has 0 fully saturated rings. The molecule has 7 nitrogen and oxygen atoms in total. The number of hydrogen-bond acceptors (Lipinski definition) is 6. The standard InChI is InChI=1S/C18H23ClN4O3/c1-5-6-7-20-17(24)14-8-11(2)21-18(23-14)22-13-10-15(25-3)12(19)9-16(13)26-4/h8-10H,5-7H2,1-4H3,(H,20,24)(H,21,22,23). The van der Waals surface area contributed by atoms with Gasteiger partial charge in [0.2, 0.25) is 5.95 Å². The minimum atomic E-state index is -0.229. The summed E-state index contributed by atoms with van der Waals surface area (Å²) in [7, 11) is 3.06. The molecule has 26 heavy (non-hydrogen) atoms. The number of anilines is 2. The van der Waals surface area contributed by atoms with Crippen molar-refractivity contribution in [2.45, 2.75) is 26.7 Å². The number of aromatic nitrogens is 2. The lowest BCUT2D eigenvalue weighted by Crippen LogP contribution is -2.25. The minimum absolute atomic E-state index is 0.229. The van der Waals surface area contributed by atoms with Crippen LogP contribution in [-0.2, 0) is 0 Å². The monoisotopic (exact) mass is 378 g/mol. The number of carbonyl (C=O) groups is 1. The van der Waals surface area contributed by atoms with Crippen LogP contribution in [0.2, 0.25) is 5.02 Å².